The van der Waals surface area contributed by atoms with E-state index in [2.05, 4.69) is 37.9 Å². The normalized spacial score (nSPS) is 10.2. The molecule has 0 bridgehead atoms. The van der Waals surface area contributed by atoms with Crippen molar-refractivity contribution in [3.63, 3.8) is 0 Å². The largest absolute Gasteiger partial charge is 0.396 e. The summed E-state index contributed by atoms with van der Waals surface area (Å²) in [6.45, 7) is 0.821. The van der Waals surface area contributed by atoms with Crippen LogP contribution in [-0.4, -0.2) is 12.0 Å². The van der Waals surface area contributed by atoms with Crippen LogP contribution in [0.15, 0.2) is 47.2 Å². The average molecular weight is 292 g/mol. The van der Waals surface area contributed by atoms with Gasteiger partial charge in [-0.1, -0.05) is 28.1 Å². The van der Waals surface area contributed by atoms with Crippen LogP contribution < -0.4 is 10.6 Å². The molecule has 0 aliphatic heterocycles. The van der Waals surface area contributed by atoms with Crippen molar-refractivity contribution in [2.24, 2.45) is 0 Å². The highest BCUT2D eigenvalue weighted by Crippen LogP contribution is 2.22. The molecule has 0 aliphatic rings. The van der Waals surface area contributed by atoms with Crippen LogP contribution >= 0.6 is 15.9 Å². The van der Waals surface area contributed by atoms with Gasteiger partial charge in [0.1, 0.15) is 0 Å². The molecule has 0 radical (unpaired) electrons. The predicted octanol–water partition coefficient (Wildman–Crippen LogP) is 3.06. The Kier molecular flexibility index (Phi) is 3.64. The molecule has 0 atom stereocenters. The third-order valence-corrected chi connectivity index (χ3v) is 3.10. The van der Waals surface area contributed by atoms with Crippen LogP contribution in [0, 0.1) is 0 Å². The van der Waals surface area contributed by atoms with Crippen LogP contribution in [0.25, 0.3) is 0 Å². The van der Waals surface area contributed by atoms with Gasteiger partial charge < -0.3 is 10.6 Å². The minimum Gasteiger partial charge on any atom is -0.396 e. The molecule has 4 heteroatoms. The van der Waals surface area contributed by atoms with Crippen molar-refractivity contribution in [1.82, 2.24) is 4.98 Å². The monoisotopic (exact) mass is 291 g/mol. The van der Waals surface area contributed by atoms with E-state index in [-0.39, 0.29) is 0 Å². The molecule has 0 spiro atoms. The Labute approximate surface area is 109 Å². The quantitative estimate of drug-likeness (QED) is 0.945. The zero-order valence-corrected chi connectivity index (χ0v) is 11.2. The van der Waals surface area contributed by atoms with E-state index in [4.69, 9.17) is 5.73 Å². The molecular formula is C13H14BrN3. The Morgan fingerprint density at radius 3 is 2.59 bits per heavy atom. The van der Waals surface area contributed by atoms with Gasteiger partial charge in [-0.05, 0) is 23.8 Å². The Morgan fingerprint density at radius 2 is 1.94 bits per heavy atom. The number of halogens is 1. The molecule has 1 heterocycles. The number of nitrogens with zero attached hydrogens (tertiary/aromatic N) is 2. The van der Waals surface area contributed by atoms with Crippen molar-refractivity contribution < 1.29 is 0 Å². The van der Waals surface area contributed by atoms with Gasteiger partial charge in [-0.25, -0.2) is 0 Å². The molecule has 0 unspecified atom stereocenters. The summed E-state index contributed by atoms with van der Waals surface area (Å²) in [5, 5.41) is 0. The predicted molar refractivity (Wildman–Crippen MR) is 74.9 cm³/mol. The third-order valence-electron chi connectivity index (χ3n) is 2.57. The minimum atomic E-state index is 0.701. The second-order valence-electron chi connectivity index (χ2n) is 3.92. The van der Waals surface area contributed by atoms with Crippen LogP contribution in [0.2, 0.25) is 0 Å². The Balaban J connectivity index is 2.14. The summed E-state index contributed by atoms with van der Waals surface area (Å²) < 4.78 is 1.09. The van der Waals surface area contributed by atoms with Crippen molar-refractivity contribution in [1.29, 1.82) is 0 Å². The highest BCUT2D eigenvalue weighted by atomic mass is 79.9. The number of hydrogen-bond donors (Lipinski definition) is 1. The second-order valence-corrected chi connectivity index (χ2v) is 4.83. The van der Waals surface area contributed by atoms with E-state index >= 15 is 0 Å². The number of anilines is 2. The lowest BCUT2D eigenvalue weighted by Crippen LogP contribution is -2.17. The number of hydrogen-bond acceptors (Lipinski definition) is 3. The number of benzene rings is 1. The number of pyridine rings is 1. The first-order valence-corrected chi connectivity index (χ1v) is 6.11. The Bertz CT molecular complexity index is 496. The second kappa shape index (κ2) is 5.19. The molecule has 0 fully saturated rings. The molecule has 2 aromatic rings. The van der Waals surface area contributed by atoms with Crippen molar-refractivity contribution in [2.75, 3.05) is 17.7 Å². The fourth-order valence-electron chi connectivity index (χ4n) is 1.70. The SMILES string of the molecule is CN(Cc1ccc(Br)cc1)c1ccncc1N. The lowest BCUT2D eigenvalue weighted by atomic mass is 10.2. The summed E-state index contributed by atoms with van der Waals surface area (Å²) in [6, 6.07) is 10.2. The molecule has 3 nitrogen and oxygen atoms in total. The molecule has 2 N–H and O–H groups in total. The van der Waals surface area contributed by atoms with E-state index in [0.717, 1.165) is 16.7 Å². The molecule has 88 valence electrons. The molecule has 1 aromatic heterocycles. The molecule has 0 aliphatic carbocycles. The first-order valence-electron chi connectivity index (χ1n) is 5.32. The van der Waals surface area contributed by atoms with Crippen molar-refractivity contribution in [3.8, 4) is 0 Å². The Morgan fingerprint density at radius 1 is 1.24 bits per heavy atom. The van der Waals surface area contributed by atoms with Gasteiger partial charge in [0.2, 0.25) is 0 Å². The summed E-state index contributed by atoms with van der Waals surface area (Å²) in [4.78, 5) is 6.10. The first-order chi connectivity index (χ1) is 8.16. The number of aromatic nitrogens is 1. The highest BCUT2D eigenvalue weighted by molar-refractivity contribution is 9.10. The zero-order chi connectivity index (χ0) is 12.3. The maximum Gasteiger partial charge on any atom is 0.0738 e. The van der Waals surface area contributed by atoms with Gasteiger partial charge in [0.25, 0.3) is 0 Å². The fraction of sp³-hybridized carbons (Fsp3) is 0.154. The lowest BCUT2D eigenvalue weighted by Gasteiger charge is -2.20. The topological polar surface area (TPSA) is 42.2 Å². The first kappa shape index (κ1) is 11.9. The van der Waals surface area contributed by atoms with Crippen LogP contribution in [0.3, 0.4) is 0 Å². The van der Waals surface area contributed by atoms with Gasteiger partial charge in [0.15, 0.2) is 0 Å². The number of rotatable bonds is 3. The maximum absolute atomic E-state index is 5.89. The number of nitrogens with two attached hydrogens (primary N) is 1. The zero-order valence-electron chi connectivity index (χ0n) is 9.60. The van der Waals surface area contributed by atoms with Gasteiger partial charge in [0, 0.05) is 24.3 Å². The molecular weight excluding hydrogens is 278 g/mol. The summed E-state index contributed by atoms with van der Waals surface area (Å²) in [5.41, 5.74) is 8.83. The van der Waals surface area contributed by atoms with E-state index < -0.39 is 0 Å². The molecule has 0 saturated carbocycles. The van der Waals surface area contributed by atoms with E-state index in [1.165, 1.54) is 5.56 Å². The summed E-state index contributed by atoms with van der Waals surface area (Å²) >= 11 is 3.43. The van der Waals surface area contributed by atoms with Crippen molar-refractivity contribution in [2.45, 2.75) is 6.54 Å². The van der Waals surface area contributed by atoms with E-state index in [1.807, 2.05) is 25.2 Å². The van der Waals surface area contributed by atoms with E-state index in [9.17, 15) is 0 Å². The van der Waals surface area contributed by atoms with Gasteiger partial charge in [0.05, 0.1) is 17.6 Å². The number of nitrogen functional groups attached to an aromatic ring is 1. The maximum atomic E-state index is 5.89. The standard InChI is InChI=1S/C13H14BrN3/c1-17(13-6-7-16-8-12(13)15)9-10-2-4-11(14)5-3-10/h2-8H,9,15H2,1H3. The van der Waals surface area contributed by atoms with Gasteiger partial charge in [-0.2, -0.15) is 0 Å². The van der Waals surface area contributed by atoms with Crippen LogP contribution in [0.5, 0.6) is 0 Å². The molecule has 17 heavy (non-hydrogen) atoms. The molecule has 1 aromatic carbocycles. The third kappa shape index (κ3) is 2.97. The molecule has 0 saturated heterocycles. The van der Waals surface area contributed by atoms with Gasteiger partial charge >= 0.3 is 0 Å². The van der Waals surface area contributed by atoms with Crippen LogP contribution in [-0.2, 0) is 6.54 Å². The van der Waals surface area contributed by atoms with Crippen LogP contribution in [0.4, 0.5) is 11.4 Å². The van der Waals surface area contributed by atoms with Crippen molar-refractivity contribution in [3.05, 3.63) is 52.8 Å². The molecule has 0 amide bonds. The Hall–Kier alpha value is -1.55. The van der Waals surface area contributed by atoms with Gasteiger partial charge in [-0.15, -0.1) is 0 Å². The van der Waals surface area contributed by atoms with Crippen molar-refractivity contribution >= 4 is 27.3 Å². The molecule has 2 rings (SSSR count). The minimum absolute atomic E-state index is 0.701. The van der Waals surface area contributed by atoms with Gasteiger partial charge in [-0.3, -0.25) is 4.98 Å². The smallest absolute Gasteiger partial charge is 0.0738 e. The summed E-state index contributed by atoms with van der Waals surface area (Å²) in [5.74, 6) is 0. The summed E-state index contributed by atoms with van der Waals surface area (Å²) in [7, 11) is 2.02. The van der Waals surface area contributed by atoms with E-state index in [0.29, 0.717) is 5.69 Å². The lowest BCUT2D eigenvalue weighted by molar-refractivity contribution is 0.922. The fourth-order valence-corrected chi connectivity index (χ4v) is 1.96. The van der Waals surface area contributed by atoms with E-state index in [1.54, 1.807) is 12.4 Å². The highest BCUT2D eigenvalue weighted by Gasteiger charge is 2.05. The average Bonchev–Trinajstić information content (AvgIpc) is 2.32. The summed E-state index contributed by atoms with van der Waals surface area (Å²) in [6.07, 6.45) is 3.43. The van der Waals surface area contributed by atoms with Crippen LogP contribution in [0.1, 0.15) is 5.56 Å².